The Bertz CT molecular complexity index is 408. The van der Waals surface area contributed by atoms with Crippen molar-refractivity contribution in [1.82, 2.24) is 5.43 Å². The van der Waals surface area contributed by atoms with Crippen LogP contribution in [-0.4, -0.2) is 12.7 Å². The number of ether oxygens (including phenoxy) is 1. The summed E-state index contributed by atoms with van der Waals surface area (Å²) in [5.74, 6) is 4.34. The molecule has 1 aliphatic rings. The number of nitrogens with one attached hydrogen (secondary N) is 1. The Balaban J connectivity index is 1.88. The minimum Gasteiger partial charge on any atom is -0.378 e. The Kier molecular flexibility index (Phi) is 5.24. The quantitative estimate of drug-likeness (QED) is 0.617. The van der Waals surface area contributed by atoms with E-state index in [0.29, 0.717) is 18.1 Å². The highest BCUT2D eigenvalue weighted by molar-refractivity contribution is 5.22. The van der Waals surface area contributed by atoms with Crippen LogP contribution in [0.1, 0.15) is 43.7 Å². The molecule has 2 atom stereocenters. The van der Waals surface area contributed by atoms with Crippen LogP contribution in [-0.2, 0) is 4.74 Å². The van der Waals surface area contributed by atoms with Gasteiger partial charge in [0.1, 0.15) is 11.6 Å². The normalized spacial score (nSPS) is 20.7. The largest absolute Gasteiger partial charge is 0.378 e. The van der Waals surface area contributed by atoms with Crippen molar-refractivity contribution in [3.05, 3.63) is 35.4 Å². The topological polar surface area (TPSA) is 47.3 Å². The summed E-state index contributed by atoms with van der Waals surface area (Å²) in [6.07, 6.45) is 5.12. The van der Waals surface area contributed by atoms with Crippen LogP contribution in [0.25, 0.3) is 0 Å². The summed E-state index contributed by atoms with van der Waals surface area (Å²) < 4.78 is 32.1. The maximum absolute atomic E-state index is 13.7. The molecule has 0 aromatic heterocycles. The number of hydrazine groups is 1. The molecule has 0 saturated carbocycles. The Morgan fingerprint density at radius 1 is 1.42 bits per heavy atom. The van der Waals surface area contributed by atoms with Gasteiger partial charge in [-0.3, -0.25) is 11.3 Å². The number of rotatable bonds is 6. The van der Waals surface area contributed by atoms with Gasteiger partial charge >= 0.3 is 0 Å². The van der Waals surface area contributed by atoms with E-state index < -0.39 is 11.6 Å². The highest BCUT2D eigenvalue weighted by atomic mass is 19.1. The molecule has 3 N–H and O–H groups in total. The average Bonchev–Trinajstić information content (AvgIpc) is 2.89. The van der Waals surface area contributed by atoms with Gasteiger partial charge in [0.15, 0.2) is 0 Å². The molecule has 0 bridgehead atoms. The van der Waals surface area contributed by atoms with Crippen LogP contribution in [0, 0.1) is 11.6 Å². The first kappa shape index (κ1) is 14.4. The van der Waals surface area contributed by atoms with E-state index in [2.05, 4.69) is 5.43 Å². The zero-order valence-corrected chi connectivity index (χ0v) is 10.9. The standard InChI is InChI=1S/C14H20F2N2O/c15-10-6-7-12(13(16)9-10)14(18-17)5-1-3-11-4-2-8-19-11/h6-7,9,11,14,18H,1-5,8,17H2. The van der Waals surface area contributed by atoms with Crippen molar-refractivity contribution in [1.29, 1.82) is 0 Å². The fraction of sp³-hybridized carbons (Fsp3) is 0.571. The summed E-state index contributed by atoms with van der Waals surface area (Å²) >= 11 is 0. The van der Waals surface area contributed by atoms with Crippen molar-refractivity contribution in [3.8, 4) is 0 Å². The zero-order valence-electron chi connectivity index (χ0n) is 10.9. The molecule has 3 nitrogen and oxygen atoms in total. The SMILES string of the molecule is NNC(CCCC1CCCO1)c1ccc(F)cc1F. The second-order valence-electron chi connectivity index (χ2n) is 4.95. The molecule has 1 aromatic rings. The summed E-state index contributed by atoms with van der Waals surface area (Å²) in [6.45, 7) is 0.843. The molecule has 2 unspecified atom stereocenters. The van der Waals surface area contributed by atoms with Gasteiger partial charge in [-0.25, -0.2) is 8.78 Å². The summed E-state index contributed by atoms with van der Waals surface area (Å²) in [6, 6.07) is 3.30. The molecule has 0 aliphatic carbocycles. The molecule has 1 aliphatic heterocycles. The first-order valence-corrected chi connectivity index (χ1v) is 6.73. The molecule has 0 spiro atoms. The Labute approximate surface area is 112 Å². The number of halogens is 2. The number of hydrogen-bond donors (Lipinski definition) is 2. The highest BCUT2D eigenvalue weighted by Crippen LogP contribution is 2.24. The maximum atomic E-state index is 13.7. The van der Waals surface area contributed by atoms with E-state index in [1.807, 2.05) is 0 Å². The molecule has 2 rings (SSSR count). The predicted molar refractivity (Wildman–Crippen MR) is 69.2 cm³/mol. The van der Waals surface area contributed by atoms with Crippen molar-refractivity contribution >= 4 is 0 Å². The molecular formula is C14H20F2N2O. The molecular weight excluding hydrogens is 250 g/mol. The number of hydrogen-bond acceptors (Lipinski definition) is 3. The highest BCUT2D eigenvalue weighted by Gasteiger charge is 2.18. The zero-order chi connectivity index (χ0) is 13.7. The molecule has 1 aromatic carbocycles. The molecule has 19 heavy (non-hydrogen) atoms. The lowest BCUT2D eigenvalue weighted by atomic mass is 9.99. The van der Waals surface area contributed by atoms with Gasteiger partial charge in [-0.15, -0.1) is 0 Å². The maximum Gasteiger partial charge on any atom is 0.130 e. The van der Waals surface area contributed by atoms with E-state index >= 15 is 0 Å². The van der Waals surface area contributed by atoms with Gasteiger partial charge in [-0.05, 0) is 38.2 Å². The lowest BCUT2D eigenvalue weighted by molar-refractivity contribution is 0.101. The van der Waals surface area contributed by atoms with Crippen molar-refractivity contribution in [2.75, 3.05) is 6.61 Å². The van der Waals surface area contributed by atoms with Gasteiger partial charge in [0.05, 0.1) is 6.10 Å². The van der Waals surface area contributed by atoms with E-state index in [1.165, 1.54) is 12.1 Å². The predicted octanol–water partition coefficient (Wildman–Crippen LogP) is 2.82. The molecule has 0 amide bonds. The molecule has 1 saturated heterocycles. The van der Waals surface area contributed by atoms with E-state index in [-0.39, 0.29) is 6.04 Å². The lowest BCUT2D eigenvalue weighted by Gasteiger charge is -2.18. The van der Waals surface area contributed by atoms with Crippen LogP contribution in [0.2, 0.25) is 0 Å². The Morgan fingerprint density at radius 3 is 2.89 bits per heavy atom. The second kappa shape index (κ2) is 6.93. The van der Waals surface area contributed by atoms with Gasteiger partial charge in [0, 0.05) is 24.3 Å². The van der Waals surface area contributed by atoms with Gasteiger partial charge in [-0.1, -0.05) is 6.07 Å². The minimum atomic E-state index is -0.573. The molecule has 0 radical (unpaired) electrons. The van der Waals surface area contributed by atoms with Gasteiger partial charge in [0.2, 0.25) is 0 Å². The lowest BCUT2D eigenvalue weighted by Crippen LogP contribution is -2.29. The first-order chi connectivity index (χ1) is 9.20. The van der Waals surface area contributed by atoms with Crippen LogP contribution in [0.4, 0.5) is 8.78 Å². The van der Waals surface area contributed by atoms with Crippen LogP contribution >= 0.6 is 0 Å². The number of nitrogens with two attached hydrogens (primary N) is 1. The third-order valence-corrected chi connectivity index (χ3v) is 3.58. The summed E-state index contributed by atoms with van der Waals surface area (Å²) in [4.78, 5) is 0. The van der Waals surface area contributed by atoms with Crippen molar-refractivity contribution in [2.24, 2.45) is 5.84 Å². The van der Waals surface area contributed by atoms with Crippen LogP contribution in [0.15, 0.2) is 18.2 Å². The van der Waals surface area contributed by atoms with Gasteiger partial charge in [0.25, 0.3) is 0 Å². The third kappa shape index (κ3) is 3.96. The Morgan fingerprint density at radius 2 is 2.26 bits per heavy atom. The van der Waals surface area contributed by atoms with Crippen molar-refractivity contribution in [2.45, 2.75) is 44.2 Å². The third-order valence-electron chi connectivity index (χ3n) is 3.58. The first-order valence-electron chi connectivity index (χ1n) is 6.73. The van der Waals surface area contributed by atoms with Crippen molar-refractivity contribution in [3.63, 3.8) is 0 Å². The Hall–Kier alpha value is -1.04. The van der Waals surface area contributed by atoms with Crippen molar-refractivity contribution < 1.29 is 13.5 Å². The molecule has 106 valence electrons. The van der Waals surface area contributed by atoms with Crippen LogP contribution in [0.5, 0.6) is 0 Å². The monoisotopic (exact) mass is 270 g/mol. The second-order valence-corrected chi connectivity index (χ2v) is 4.95. The summed E-state index contributed by atoms with van der Waals surface area (Å²) in [5, 5.41) is 0. The minimum absolute atomic E-state index is 0.290. The van der Waals surface area contributed by atoms with E-state index in [0.717, 1.165) is 38.4 Å². The van der Waals surface area contributed by atoms with Gasteiger partial charge < -0.3 is 4.74 Å². The summed E-state index contributed by atoms with van der Waals surface area (Å²) in [7, 11) is 0. The van der Waals surface area contributed by atoms with E-state index in [4.69, 9.17) is 10.6 Å². The molecule has 5 heteroatoms. The van der Waals surface area contributed by atoms with E-state index in [9.17, 15) is 8.78 Å². The van der Waals surface area contributed by atoms with Crippen LogP contribution < -0.4 is 11.3 Å². The van der Waals surface area contributed by atoms with Gasteiger partial charge in [-0.2, -0.15) is 0 Å². The number of benzene rings is 1. The summed E-state index contributed by atoms with van der Waals surface area (Å²) in [5.41, 5.74) is 3.01. The fourth-order valence-electron chi connectivity index (χ4n) is 2.53. The average molecular weight is 270 g/mol. The smallest absolute Gasteiger partial charge is 0.130 e. The molecule has 1 heterocycles. The fourth-order valence-corrected chi connectivity index (χ4v) is 2.53. The molecule has 1 fully saturated rings. The van der Waals surface area contributed by atoms with Crippen LogP contribution in [0.3, 0.4) is 0 Å². The van der Waals surface area contributed by atoms with E-state index in [1.54, 1.807) is 0 Å².